The fourth-order valence-corrected chi connectivity index (χ4v) is 2.31. The second-order valence-corrected chi connectivity index (χ2v) is 5.41. The van der Waals surface area contributed by atoms with Crippen LogP contribution in [0.2, 0.25) is 0 Å². The monoisotopic (exact) mass is 315 g/mol. The van der Waals surface area contributed by atoms with Crippen LogP contribution in [0.25, 0.3) is 0 Å². The average Bonchev–Trinajstić information content (AvgIpc) is 2.59. The van der Waals surface area contributed by atoms with Gasteiger partial charge >= 0.3 is 0 Å². The molecule has 1 aromatic heterocycles. The van der Waals surface area contributed by atoms with Gasteiger partial charge in [0.1, 0.15) is 5.82 Å². The van der Waals surface area contributed by atoms with Crippen molar-refractivity contribution in [2.24, 2.45) is 0 Å². The van der Waals surface area contributed by atoms with Gasteiger partial charge in [-0.1, -0.05) is 25.8 Å². The molecule has 0 spiro atoms. The summed E-state index contributed by atoms with van der Waals surface area (Å²) in [6, 6.07) is 9.75. The molecule has 0 unspecified atom stereocenters. The number of carbonyl (C=O) groups excluding carboxylic acids is 1. The molecular formula is C18H22FN3O. The number of aromatic nitrogens is 1. The number of hydrogen-bond donors (Lipinski definition) is 2. The van der Waals surface area contributed by atoms with Crippen LogP contribution in [-0.2, 0) is 4.79 Å². The van der Waals surface area contributed by atoms with Crippen molar-refractivity contribution in [1.29, 1.82) is 0 Å². The first-order valence-corrected chi connectivity index (χ1v) is 7.87. The summed E-state index contributed by atoms with van der Waals surface area (Å²) < 4.78 is 12.9. The average molecular weight is 315 g/mol. The lowest BCUT2D eigenvalue weighted by Gasteiger charge is -2.19. The highest BCUT2D eigenvalue weighted by Crippen LogP contribution is 2.18. The SMILES string of the molecule is CCCC[C@H](NC(=O)CNc1ccc(F)cc1)c1cccnc1. The summed E-state index contributed by atoms with van der Waals surface area (Å²) in [6.07, 6.45) is 6.49. The molecular weight excluding hydrogens is 293 g/mol. The zero-order valence-corrected chi connectivity index (χ0v) is 13.3. The minimum Gasteiger partial charge on any atom is -0.376 e. The Labute approximate surface area is 136 Å². The van der Waals surface area contributed by atoms with Crippen molar-refractivity contribution in [3.63, 3.8) is 0 Å². The first-order valence-electron chi connectivity index (χ1n) is 7.87. The van der Waals surface area contributed by atoms with Gasteiger partial charge < -0.3 is 10.6 Å². The normalized spacial score (nSPS) is 11.7. The molecule has 0 saturated heterocycles. The molecule has 0 saturated carbocycles. The molecule has 1 heterocycles. The van der Waals surface area contributed by atoms with Gasteiger partial charge in [-0.25, -0.2) is 4.39 Å². The molecule has 4 nitrogen and oxygen atoms in total. The van der Waals surface area contributed by atoms with Crippen molar-refractivity contribution >= 4 is 11.6 Å². The van der Waals surface area contributed by atoms with E-state index in [0.717, 1.165) is 24.8 Å². The lowest BCUT2D eigenvalue weighted by atomic mass is 10.0. The Hall–Kier alpha value is -2.43. The Kier molecular flexibility index (Phi) is 6.54. The van der Waals surface area contributed by atoms with Crippen LogP contribution < -0.4 is 10.6 Å². The molecule has 0 bridgehead atoms. The number of pyridine rings is 1. The molecule has 122 valence electrons. The van der Waals surface area contributed by atoms with Crippen LogP contribution in [0.4, 0.5) is 10.1 Å². The number of nitrogens with one attached hydrogen (secondary N) is 2. The zero-order chi connectivity index (χ0) is 16.5. The molecule has 2 N–H and O–H groups in total. The molecule has 2 rings (SSSR count). The fraction of sp³-hybridized carbons (Fsp3) is 0.333. The molecule has 0 aliphatic rings. The smallest absolute Gasteiger partial charge is 0.239 e. The van der Waals surface area contributed by atoms with Gasteiger partial charge in [0.25, 0.3) is 0 Å². The van der Waals surface area contributed by atoms with Gasteiger partial charge in [-0.2, -0.15) is 0 Å². The number of unbranched alkanes of at least 4 members (excludes halogenated alkanes) is 1. The maximum Gasteiger partial charge on any atom is 0.239 e. The number of anilines is 1. The van der Waals surface area contributed by atoms with Crippen molar-refractivity contribution in [3.8, 4) is 0 Å². The number of benzene rings is 1. The second kappa shape index (κ2) is 8.88. The number of amides is 1. The Morgan fingerprint density at radius 2 is 2.04 bits per heavy atom. The van der Waals surface area contributed by atoms with E-state index < -0.39 is 0 Å². The quantitative estimate of drug-likeness (QED) is 0.781. The third-order valence-electron chi connectivity index (χ3n) is 3.57. The number of hydrogen-bond acceptors (Lipinski definition) is 3. The van der Waals surface area contributed by atoms with Gasteiger partial charge in [0.15, 0.2) is 0 Å². The van der Waals surface area contributed by atoms with Crippen molar-refractivity contribution in [1.82, 2.24) is 10.3 Å². The van der Waals surface area contributed by atoms with E-state index in [1.54, 1.807) is 24.5 Å². The summed E-state index contributed by atoms with van der Waals surface area (Å²) in [7, 11) is 0. The molecule has 0 fully saturated rings. The molecule has 1 amide bonds. The molecule has 2 aromatic rings. The molecule has 0 aliphatic carbocycles. The van der Waals surface area contributed by atoms with E-state index in [2.05, 4.69) is 22.5 Å². The molecule has 1 atom stereocenters. The Balaban J connectivity index is 1.90. The van der Waals surface area contributed by atoms with E-state index in [0.29, 0.717) is 5.69 Å². The van der Waals surface area contributed by atoms with E-state index in [-0.39, 0.29) is 24.3 Å². The standard InChI is InChI=1S/C18H22FN3O/c1-2-3-6-17(14-5-4-11-20-12-14)22-18(23)13-21-16-9-7-15(19)8-10-16/h4-5,7-12,17,21H,2-3,6,13H2,1H3,(H,22,23)/t17-/m0/s1. The number of halogens is 1. The van der Waals surface area contributed by atoms with E-state index in [1.165, 1.54) is 12.1 Å². The first-order chi connectivity index (χ1) is 11.2. The van der Waals surface area contributed by atoms with Gasteiger partial charge in [-0.05, 0) is 42.3 Å². The number of rotatable bonds is 8. The summed E-state index contributed by atoms with van der Waals surface area (Å²) in [5.41, 5.74) is 1.73. The maximum atomic E-state index is 12.9. The third-order valence-corrected chi connectivity index (χ3v) is 3.57. The highest BCUT2D eigenvalue weighted by Gasteiger charge is 2.14. The van der Waals surface area contributed by atoms with Gasteiger partial charge in [-0.15, -0.1) is 0 Å². The Bertz CT molecular complexity index is 601. The predicted molar refractivity (Wildman–Crippen MR) is 89.5 cm³/mol. The van der Waals surface area contributed by atoms with E-state index in [9.17, 15) is 9.18 Å². The van der Waals surface area contributed by atoms with E-state index in [4.69, 9.17) is 0 Å². The largest absolute Gasteiger partial charge is 0.376 e. The summed E-state index contributed by atoms with van der Waals surface area (Å²) >= 11 is 0. The van der Waals surface area contributed by atoms with E-state index >= 15 is 0 Å². The number of nitrogens with zero attached hydrogens (tertiary/aromatic N) is 1. The lowest BCUT2D eigenvalue weighted by Crippen LogP contribution is -2.33. The fourth-order valence-electron chi connectivity index (χ4n) is 2.31. The van der Waals surface area contributed by atoms with Gasteiger partial charge in [0.05, 0.1) is 12.6 Å². The minimum absolute atomic E-state index is 0.0360. The maximum absolute atomic E-state index is 12.9. The molecule has 23 heavy (non-hydrogen) atoms. The van der Waals surface area contributed by atoms with Crippen LogP contribution in [0.3, 0.4) is 0 Å². The van der Waals surface area contributed by atoms with Gasteiger partial charge in [-0.3, -0.25) is 9.78 Å². The Morgan fingerprint density at radius 3 is 2.70 bits per heavy atom. The molecule has 1 aromatic carbocycles. The van der Waals surface area contributed by atoms with Crippen LogP contribution in [0.5, 0.6) is 0 Å². The first kappa shape index (κ1) is 16.9. The second-order valence-electron chi connectivity index (χ2n) is 5.41. The highest BCUT2D eigenvalue weighted by molar-refractivity contribution is 5.81. The van der Waals surface area contributed by atoms with Gasteiger partial charge in [0, 0.05) is 18.1 Å². The third kappa shape index (κ3) is 5.70. The van der Waals surface area contributed by atoms with E-state index in [1.807, 2.05) is 12.1 Å². The molecule has 5 heteroatoms. The van der Waals surface area contributed by atoms with Gasteiger partial charge in [0.2, 0.25) is 5.91 Å². The van der Waals surface area contributed by atoms with Crippen LogP contribution in [0.1, 0.15) is 37.8 Å². The summed E-state index contributed by atoms with van der Waals surface area (Å²) in [5, 5.41) is 6.02. The summed E-state index contributed by atoms with van der Waals surface area (Å²) in [4.78, 5) is 16.3. The van der Waals surface area contributed by atoms with Crippen LogP contribution in [-0.4, -0.2) is 17.4 Å². The minimum atomic E-state index is -0.295. The molecule has 0 radical (unpaired) electrons. The van der Waals surface area contributed by atoms with Crippen molar-refractivity contribution in [2.75, 3.05) is 11.9 Å². The van der Waals surface area contributed by atoms with Crippen LogP contribution in [0, 0.1) is 5.82 Å². The topological polar surface area (TPSA) is 54.0 Å². The molecule has 0 aliphatic heterocycles. The van der Waals surface area contributed by atoms with Crippen molar-refractivity contribution in [3.05, 3.63) is 60.2 Å². The Morgan fingerprint density at radius 1 is 1.26 bits per heavy atom. The van der Waals surface area contributed by atoms with Crippen molar-refractivity contribution in [2.45, 2.75) is 32.2 Å². The predicted octanol–water partition coefficient (Wildman–Crippen LogP) is 3.68. The van der Waals surface area contributed by atoms with Crippen LogP contribution in [0.15, 0.2) is 48.8 Å². The highest BCUT2D eigenvalue weighted by atomic mass is 19.1. The van der Waals surface area contributed by atoms with Crippen LogP contribution >= 0.6 is 0 Å². The zero-order valence-electron chi connectivity index (χ0n) is 13.3. The van der Waals surface area contributed by atoms with Crippen molar-refractivity contribution < 1.29 is 9.18 Å². The number of carbonyl (C=O) groups is 1. The summed E-state index contributed by atoms with van der Waals surface area (Å²) in [5.74, 6) is -0.393. The lowest BCUT2D eigenvalue weighted by molar-refractivity contribution is -0.120. The summed E-state index contributed by atoms with van der Waals surface area (Å²) in [6.45, 7) is 2.27.